The van der Waals surface area contributed by atoms with Gasteiger partial charge in [0.05, 0.1) is 5.52 Å². The smallest absolute Gasteiger partial charge is 0.325 e. The van der Waals surface area contributed by atoms with Gasteiger partial charge in [-0.15, -0.1) is 0 Å². The number of aromatic nitrogens is 1. The molecule has 0 bridgehead atoms. The molecule has 0 saturated carbocycles. The van der Waals surface area contributed by atoms with Gasteiger partial charge in [0.1, 0.15) is 17.7 Å². The molecule has 0 atom stereocenters. The monoisotopic (exact) mass is 470 g/mol. The van der Waals surface area contributed by atoms with Crippen LogP contribution in [0.5, 0.6) is 0 Å². The van der Waals surface area contributed by atoms with Gasteiger partial charge in [-0.05, 0) is 44.5 Å². The number of fused-ring (bicyclic) bond motifs is 1. The van der Waals surface area contributed by atoms with Crippen LogP contribution in [0.3, 0.4) is 0 Å². The first-order valence-corrected chi connectivity index (χ1v) is 10.3. The first-order valence-electron chi connectivity index (χ1n) is 9.51. The van der Waals surface area contributed by atoms with E-state index in [1.807, 2.05) is 47.0 Å². The largest absolute Gasteiger partial charge is 0.459 e. The second kappa shape index (κ2) is 8.83. The molecule has 0 aliphatic heterocycles. The maximum atomic E-state index is 13.0. The van der Waals surface area contributed by atoms with E-state index in [-0.39, 0.29) is 12.1 Å². The lowest BCUT2D eigenvalue weighted by molar-refractivity contribution is -0.153. The molecule has 30 heavy (non-hydrogen) atoms. The van der Waals surface area contributed by atoms with Crippen molar-refractivity contribution < 1.29 is 14.3 Å². The van der Waals surface area contributed by atoms with Crippen LogP contribution in [0.1, 0.15) is 36.7 Å². The Morgan fingerprint density at radius 1 is 1.10 bits per heavy atom. The summed E-state index contributed by atoms with van der Waals surface area (Å²) in [6, 6.07) is 15.1. The Kier molecular flexibility index (Phi) is 6.41. The van der Waals surface area contributed by atoms with Crippen molar-refractivity contribution in [3.63, 3.8) is 0 Å². The number of esters is 1. The van der Waals surface area contributed by atoms with Crippen molar-refractivity contribution in [2.75, 3.05) is 6.54 Å². The summed E-state index contributed by atoms with van der Waals surface area (Å²) >= 11 is 3.39. The maximum absolute atomic E-state index is 13.0. The van der Waals surface area contributed by atoms with Crippen LogP contribution in [-0.2, 0) is 16.1 Å². The third-order valence-corrected chi connectivity index (χ3v) is 4.79. The predicted molar refractivity (Wildman–Crippen MR) is 120 cm³/mol. The van der Waals surface area contributed by atoms with E-state index in [1.165, 1.54) is 6.20 Å². The Morgan fingerprint density at radius 2 is 1.80 bits per heavy atom. The number of carbonyl (C=O) groups excluding carboxylic acids is 2. The minimum absolute atomic E-state index is 0.0277. The molecule has 0 radical (unpaired) electrons. The number of carbonyl (C=O) groups is 2. The van der Waals surface area contributed by atoms with Gasteiger partial charge in [-0.25, -0.2) is 0 Å². The third-order valence-electron chi connectivity index (χ3n) is 4.30. The molecule has 156 valence electrons. The van der Waals surface area contributed by atoms with Crippen LogP contribution in [0.4, 0.5) is 0 Å². The van der Waals surface area contributed by atoms with Crippen molar-refractivity contribution in [2.24, 2.45) is 0 Å². The Bertz CT molecular complexity index is 1150. The number of rotatable bonds is 5. The molecule has 6 nitrogen and oxygen atoms in total. The number of halogens is 1. The summed E-state index contributed by atoms with van der Waals surface area (Å²) in [4.78, 5) is 37.6. The summed E-state index contributed by atoms with van der Waals surface area (Å²) in [7, 11) is 0. The van der Waals surface area contributed by atoms with Gasteiger partial charge in [0.2, 0.25) is 5.43 Å². The summed E-state index contributed by atoms with van der Waals surface area (Å²) in [5.74, 6) is -1.18. The van der Waals surface area contributed by atoms with Crippen LogP contribution in [0.2, 0.25) is 0 Å². The van der Waals surface area contributed by atoms with Crippen molar-refractivity contribution in [2.45, 2.75) is 32.9 Å². The van der Waals surface area contributed by atoms with E-state index in [0.717, 1.165) is 15.6 Å². The van der Waals surface area contributed by atoms with E-state index in [9.17, 15) is 14.4 Å². The topological polar surface area (TPSA) is 77.4 Å². The number of benzene rings is 2. The molecule has 0 unspecified atom stereocenters. The minimum Gasteiger partial charge on any atom is -0.459 e. The van der Waals surface area contributed by atoms with Crippen molar-refractivity contribution in [1.82, 2.24) is 9.88 Å². The van der Waals surface area contributed by atoms with Gasteiger partial charge >= 0.3 is 5.97 Å². The highest BCUT2D eigenvalue weighted by atomic mass is 79.9. The summed E-state index contributed by atoms with van der Waals surface area (Å²) < 4.78 is 7.80. The van der Waals surface area contributed by atoms with Crippen LogP contribution in [0.15, 0.2) is 64.0 Å². The highest BCUT2D eigenvalue weighted by molar-refractivity contribution is 9.10. The maximum Gasteiger partial charge on any atom is 0.325 e. The average molecular weight is 471 g/mol. The van der Waals surface area contributed by atoms with Crippen LogP contribution in [0, 0.1) is 0 Å². The van der Waals surface area contributed by atoms with Gasteiger partial charge < -0.3 is 14.6 Å². The van der Waals surface area contributed by atoms with E-state index in [1.54, 1.807) is 26.8 Å². The predicted octanol–water partition coefficient (Wildman–Crippen LogP) is 3.88. The molecular formula is C23H23BrN2O4. The number of pyridine rings is 1. The van der Waals surface area contributed by atoms with E-state index in [0.29, 0.717) is 11.9 Å². The van der Waals surface area contributed by atoms with Crippen LogP contribution >= 0.6 is 15.9 Å². The van der Waals surface area contributed by atoms with E-state index in [4.69, 9.17) is 4.74 Å². The quantitative estimate of drug-likeness (QED) is 0.573. The summed E-state index contributed by atoms with van der Waals surface area (Å²) in [6.45, 7) is 5.42. The molecular weight excluding hydrogens is 448 g/mol. The van der Waals surface area contributed by atoms with E-state index < -0.39 is 22.9 Å². The summed E-state index contributed by atoms with van der Waals surface area (Å²) in [5.41, 5.74) is 0.679. The zero-order valence-corrected chi connectivity index (χ0v) is 18.7. The van der Waals surface area contributed by atoms with Gasteiger partial charge in [0, 0.05) is 22.6 Å². The second-order valence-corrected chi connectivity index (χ2v) is 8.83. The molecule has 3 aromatic rings. The highest BCUT2D eigenvalue weighted by Gasteiger charge is 2.19. The number of hydrogen-bond donors (Lipinski definition) is 1. The van der Waals surface area contributed by atoms with Gasteiger partial charge in [0.15, 0.2) is 0 Å². The molecule has 0 aliphatic carbocycles. The molecule has 0 fully saturated rings. The van der Waals surface area contributed by atoms with E-state index >= 15 is 0 Å². The highest BCUT2D eigenvalue weighted by Crippen LogP contribution is 2.19. The molecule has 1 heterocycles. The fourth-order valence-electron chi connectivity index (χ4n) is 3.07. The molecule has 3 rings (SSSR count). The summed E-state index contributed by atoms with van der Waals surface area (Å²) in [5, 5.41) is 2.92. The molecule has 1 aromatic heterocycles. The van der Waals surface area contributed by atoms with Gasteiger partial charge in [0.25, 0.3) is 5.91 Å². The van der Waals surface area contributed by atoms with Crippen molar-refractivity contribution in [1.29, 1.82) is 0 Å². The average Bonchev–Trinajstić information content (AvgIpc) is 2.68. The first kappa shape index (κ1) is 21.8. The standard InChI is InChI=1S/C23H23BrN2O4/c1-23(2,3)30-20(27)12-25-22(29)18-14-26(13-15-7-5-4-6-8-15)19-10-9-16(24)11-17(19)21(18)28/h4-11,14H,12-13H2,1-3H3,(H,25,29). The lowest BCUT2D eigenvalue weighted by Gasteiger charge is -2.19. The van der Waals surface area contributed by atoms with Crippen LogP contribution in [0.25, 0.3) is 10.9 Å². The number of nitrogens with one attached hydrogen (secondary N) is 1. The van der Waals surface area contributed by atoms with Crippen LogP contribution < -0.4 is 10.7 Å². The van der Waals surface area contributed by atoms with Gasteiger partial charge in [-0.2, -0.15) is 0 Å². The van der Waals surface area contributed by atoms with Crippen molar-refractivity contribution in [3.8, 4) is 0 Å². The van der Waals surface area contributed by atoms with Gasteiger partial charge in [-0.1, -0.05) is 46.3 Å². The third kappa shape index (κ3) is 5.36. The number of ether oxygens (including phenoxy) is 1. The van der Waals surface area contributed by atoms with Crippen molar-refractivity contribution in [3.05, 3.63) is 80.6 Å². The SMILES string of the molecule is CC(C)(C)OC(=O)CNC(=O)c1cn(Cc2ccccc2)c2ccc(Br)cc2c1=O. The lowest BCUT2D eigenvalue weighted by atomic mass is 10.1. The minimum atomic E-state index is -0.653. The molecule has 0 aliphatic rings. The Balaban J connectivity index is 1.96. The molecule has 0 saturated heterocycles. The fourth-order valence-corrected chi connectivity index (χ4v) is 3.43. The molecule has 1 amide bonds. The molecule has 7 heteroatoms. The Labute approximate surface area is 183 Å². The number of nitrogens with zero attached hydrogens (tertiary/aromatic N) is 1. The first-order chi connectivity index (χ1) is 14.1. The summed E-state index contributed by atoms with van der Waals surface area (Å²) in [6.07, 6.45) is 1.54. The van der Waals surface area contributed by atoms with E-state index in [2.05, 4.69) is 21.2 Å². The van der Waals surface area contributed by atoms with Crippen LogP contribution in [-0.4, -0.2) is 28.6 Å². The number of hydrogen-bond acceptors (Lipinski definition) is 4. The Morgan fingerprint density at radius 3 is 2.47 bits per heavy atom. The molecule has 2 aromatic carbocycles. The zero-order valence-electron chi connectivity index (χ0n) is 17.1. The molecule has 0 spiro atoms. The van der Waals surface area contributed by atoms with Gasteiger partial charge in [-0.3, -0.25) is 14.4 Å². The molecule has 1 N–H and O–H groups in total. The lowest BCUT2D eigenvalue weighted by Crippen LogP contribution is -2.36. The number of amides is 1. The fraction of sp³-hybridized carbons (Fsp3) is 0.261. The normalized spacial score (nSPS) is 11.3. The van der Waals surface area contributed by atoms with Crippen molar-refractivity contribution >= 4 is 38.7 Å². The second-order valence-electron chi connectivity index (χ2n) is 7.92. The Hall–Kier alpha value is -2.93. The zero-order chi connectivity index (χ0) is 21.9.